The Labute approximate surface area is 265 Å². The average molecular weight is 602 g/mol. The first-order valence-corrected chi connectivity index (χ1v) is 17.7. The van der Waals surface area contributed by atoms with Crippen molar-refractivity contribution >= 4 is 17.5 Å². The lowest BCUT2D eigenvalue weighted by molar-refractivity contribution is -0.174. The molecular formula is C39H55NO4. The van der Waals surface area contributed by atoms with Crippen molar-refractivity contribution in [3.8, 4) is 6.07 Å². The van der Waals surface area contributed by atoms with Crippen LogP contribution < -0.4 is 0 Å². The van der Waals surface area contributed by atoms with Gasteiger partial charge in [-0.3, -0.25) is 14.4 Å². The van der Waals surface area contributed by atoms with E-state index < -0.39 is 10.8 Å². The Hall–Kier alpha value is -2.22. The molecule has 240 valence electrons. The van der Waals surface area contributed by atoms with Crippen molar-refractivity contribution in [2.24, 2.45) is 50.2 Å². The molecule has 0 aromatic rings. The fourth-order valence-electron chi connectivity index (χ4n) is 12.0. The third kappa shape index (κ3) is 4.54. The van der Waals surface area contributed by atoms with Crippen LogP contribution >= 0.6 is 0 Å². The number of rotatable bonds is 4. The zero-order chi connectivity index (χ0) is 31.9. The van der Waals surface area contributed by atoms with E-state index in [4.69, 9.17) is 4.74 Å². The van der Waals surface area contributed by atoms with Crippen LogP contribution in [0, 0.1) is 61.6 Å². The molecule has 0 amide bonds. The highest BCUT2D eigenvalue weighted by Gasteiger charge is 2.69. The van der Waals surface area contributed by atoms with Crippen molar-refractivity contribution in [1.29, 1.82) is 5.26 Å². The van der Waals surface area contributed by atoms with Gasteiger partial charge < -0.3 is 4.74 Å². The second-order valence-electron chi connectivity index (χ2n) is 17.9. The zero-order valence-corrected chi connectivity index (χ0v) is 28.4. The van der Waals surface area contributed by atoms with E-state index in [1.807, 2.05) is 26.0 Å². The minimum Gasteiger partial charge on any atom is -0.462 e. The van der Waals surface area contributed by atoms with Gasteiger partial charge in [0.1, 0.15) is 12.2 Å². The summed E-state index contributed by atoms with van der Waals surface area (Å²) in [6.07, 6.45) is 17.9. The van der Waals surface area contributed by atoms with Crippen molar-refractivity contribution in [1.82, 2.24) is 0 Å². The SMILES string of the molecule is CC1(C)CCC2(CCC(=O)OC3CCCCC3)CCC3(C)C(C(=O)C=C4C5(C)C=C(C#N)C(=O)C(C)(C)C5CCC43C)C2C1. The Morgan fingerprint density at radius 1 is 0.932 bits per heavy atom. The van der Waals surface area contributed by atoms with Gasteiger partial charge in [-0.1, -0.05) is 66.5 Å². The van der Waals surface area contributed by atoms with Gasteiger partial charge in [0.15, 0.2) is 11.6 Å². The Morgan fingerprint density at radius 3 is 2.30 bits per heavy atom. The molecule has 0 radical (unpaired) electrons. The highest BCUT2D eigenvalue weighted by atomic mass is 16.5. The van der Waals surface area contributed by atoms with Gasteiger partial charge in [0.2, 0.25) is 0 Å². The fourth-order valence-corrected chi connectivity index (χ4v) is 12.0. The molecule has 6 rings (SSSR count). The number of nitrogens with zero attached hydrogens (tertiary/aromatic N) is 1. The van der Waals surface area contributed by atoms with Crippen LogP contribution in [0.25, 0.3) is 0 Å². The first kappa shape index (κ1) is 31.7. The number of esters is 1. The second kappa shape index (κ2) is 10.4. The molecule has 0 saturated heterocycles. The molecule has 4 fully saturated rings. The highest BCUT2D eigenvalue weighted by molar-refractivity contribution is 6.04. The summed E-state index contributed by atoms with van der Waals surface area (Å²) in [4.78, 5) is 41.2. The van der Waals surface area contributed by atoms with Gasteiger partial charge in [-0.15, -0.1) is 0 Å². The predicted molar refractivity (Wildman–Crippen MR) is 171 cm³/mol. The maximum Gasteiger partial charge on any atom is 0.306 e. The van der Waals surface area contributed by atoms with E-state index in [2.05, 4.69) is 40.7 Å². The quantitative estimate of drug-likeness (QED) is 0.301. The van der Waals surface area contributed by atoms with Crippen molar-refractivity contribution in [3.05, 3.63) is 23.3 Å². The number of fused-ring (bicyclic) bond motifs is 7. The number of allylic oxidation sites excluding steroid dienone is 4. The molecule has 44 heavy (non-hydrogen) atoms. The third-order valence-electron chi connectivity index (χ3n) is 14.7. The van der Waals surface area contributed by atoms with Gasteiger partial charge in [-0.05, 0) is 117 Å². The summed E-state index contributed by atoms with van der Waals surface area (Å²) >= 11 is 0. The molecule has 5 heteroatoms. The van der Waals surface area contributed by atoms with Crippen LogP contribution in [0.2, 0.25) is 0 Å². The lowest BCUT2D eigenvalue weighted by atomic mass is 9.34. The number of hydrogen-bond donors (Lipinski definition) is 0. The van der Waals surface area contributed by atoms with E-state index >= 15 is 0 Å². The number of ether oxygens (including phenoxy) is 1. The minimum absolute atomic E-state index is 0.0170. The monoisotopic (exact) mass is 601 g/mol. The van der Waals surface area contributed by atoms with Gasteiger partial charge in [0, 0.05) is 23.2 Å². The van der Waals surface area contributed by atoms with E-state index in [1.165, 1.54) is 6.42 Å². The molecule has 0 aromatic carbocycles. The van der Waals surface area contributed by atoms with Crippen LogP contribution in [-0.4, -0.2) is 23.6 Å². The number of carbonyl (C=O) groups excluding carboxylic acids is 3. The first-order valence-electron chi connectivity index (χ1n) is 17.7. The van der Waals surface area contributed by atoms with E-state index in [-0.39, 0.29) is 68.6 Å². The standard InChI is InChI=1S/C39H55NO4/c1-34(2)17-19-39(16-14-31(42)44-26-11-9-8-10-12-26)20-18-38(7)32(27(39)23-34)28(41)21-30-36(5)22-25(24-40)33(43)35(3,4)29(36)13-15-37(30,38)6/h21-22,26-27,29,32H,8-20,23H2,1-7H3. The topological polar surface area (TPSA) is 84.2 Å². The van der Waals surface area contributed by atoms with E-state index in [9.17, 15) is 19.6 Å². The number of hydrogen-bond acceptors (Lipinski definition) is 5. The molecule has 0 aliphatic heterocycles. The van der Waals surface area contributed by atoms with Crippen molar-refractivity contribution in [2.75, 3.05) is 0 Å². The largest absolute Gasteiger partial charge is 0.462 e. The molecule has 0 bridgehead atoms. The maximum atomic E-state index is 14.7. The molecule has 6 aliphatic rings. The number of nitriles is 1. The van der Waals surface area contributed by atoms with Gasteiger partial charge in [-0.25, -0.2) is 0 Å². The summed E-state index contributed by atoms with van der Waals surface area (Å²) in [5, 5.41) is 9.98. The van der Waals surface area contributed by atoms with Gasteiger partial charge in [-0.2, -0.15) is 5.26 Å². The molecular weight excluding hydrogens is 546 g/mol. The zero-order valence-electron chi connectivity index (χ0n) is 28.4. The highest BCUT2D eigenvalue weighted by Crippen LogP contribution is 2.75. The molecule has 0 heterocycles. The second-order valence-corrected chi connectivity index (χ2v) is 17.9. The maximum absolute atomic E-state index is 14.7. The fraction of sp³-hybridized carbons (Fsp3) is 0.795. The minimum atomic E-state index is -0.654. The molecule has 4 saturated carbocycles. The molecule has 5 nitrogen and oxygen atoms in total. The Bertz CT molecular complexity index is 1360. The van der Waals surface area contributed by atoms with E-state index in [0.29, 0.717) is 6.42 Å². The van der Waals surface area contributed by atoms with E-state index in [0.717, 1.165) is 82.6 Å². The van der Waals surface area contributed by atoms with E-state index in [1.54, 1.807) is 0 Å². The summed E-state index contributed by atoms with van der Waals surface area (Å²) in [6.45, 7) is 15.7. The summed E-state index contributed by atoms with van der Waals surface area (Å²) in [7, 11) is 0. The number of Topliss-reactive ketones (excluding diaryl/α,β-unsaturated/α-hetero) is 1. The molecule has 6 aliphatic carbocycles. The van der Waals surface area contributed by atoms with Crippen molar-refractivity contribution in [2.45, 2.75) is 144 Å². The molecule has 0 spiro atoms. The summed E-state index contributed by atoms with van der Waals surface area (Å²) in [6, 6.07) is 2.21. The first-order chi connectivity index (χ1) is 20.5. The van der Waals surface area contributed by atoms with Gasteiger partial charge in [0.25, 0.3) is 0 Å². The van der Waals surface area contributed by atoms with Gasteiger partial charge in [0.05, 0.1) is 5.57 Å². The summed E-state index contributed by atoms with van der Waals surface area (Å²) in [5.74, 6) is 0.324. The van der Waals surface area contributed by atoms with Crippen LogP contribution in [0.3, 0.4) is 0 Å². The smallest absolute Gasteiger partial charge is 0.306 e. The van der Waals surface area contributed by atoms with Crippen LogP contribution in [0.5, 0.6) is 0 Å². The lowest BCUT2D eigenvalue weighted by Gasteiger charge is -2.69. The lowest BCUT2D eigenvalue weighted by Crippen LogP contribution is -2.64. The Balaban J connectivity index is 1.36. The number of ketones is 2. The van der Waals surface area contributed by atoms with Crippen LogP contribution in [-0.2, 0) is 19.1 Å². The normalized spacial score (nSPS) is 42.8. The summed E-state index contributed by atoms with van der Waals surface area (Å²) < 4.78 is 5.97. The van der Waals surface area contributed by atoms with Gasteiger partial charge >= 0.3 is 5.97 Å². The van der Waals surface area contributed by atoms with Crippen molar-refractivity contribution in [3.63, 3.8) is 0 Å². The summed E-state index contributed by atoms with van der Waals surface area (Å²) in [5.41, 5.74) is -0.0658. The molecule has 7 atom stereocenters. The average Bonchev–Trinajstić information content (AvgIpc) is 2.96. The van der Waals surface area contributed by atoms with Crippen LogP contribution in [0.15, 0.2) is 23.3 Å². The molecule has 7 unspecified atom stereocenters. The van der Waals surface area contributed by atoms with Crippen LogP contribution in [0.1, 0.15) is 138 Å². The predicted octanol–water partition coefficient (Wildman–Crippen LogP) is 8.86. The number of carbonyl (C=O) groups is 3. The Kier molecular flexibility index (Phi) is 7.50. The van der Waals surface area contributed by atoms with Crippen LogP contribution in [0.4, 0.5) is 0 Å². The third-order valence-corrected chi connectivity index (χ3v) is 14.7. The Morgan fingerprint density at radius 2 is 1.61 bits per heavy atom. The molecule has 0 N–H and O–H groups in total. The van der Waals surface area contributed by atoms with Crippen molar-refractivity contribution < 1.29 is 19.1 Å². The molecule has 0 aromatic heterocycles.